The molecule has 0 spiro atoms. The van der Waals surface area contributed by atoms with Gasteiger partial charge in [-0.05, 0) is 6.42 Å². The van der Waals surface area contributed by atoms with E-state index in [-0.39, 0.29) is 0 Å². The first-order valence-corrected chi connectivity index (χ1v) is 4.76. The van der Waals surface area contributed by atoms with Crippen LogP contribution in [-0.2, 0) is 7.05 Å². The van der Waals surface area contributed by atoms with Gasteiger partial charge in [0.1, 0.15) is 11.5 Å². The maximum absolute atomic E-state index is 4.29. The maximum Gasteiger partial charge on any atom is 0.310 e. The minimum Gasteiger partial charge on any atom is -0.221 e. The molecule has 3 heteroatoms. The minimum absolute atomic E-state index is 0.645. The monoisotopic (exact) mass is 171 g/mol. The average molecular weight is 171 g/mol. The molecule has 0 saturated carbocycles. The van der Waals surface area contributed by atoms with Gasteiger partial charge in [-0.25, -0.2) is 4.57 Å². The van der Waals surface area contributed by atoms with E-state index in [9.17, 15) is 0 Å². The minimum atomic E-state index is 0.645. The summed E-state index contributed by atoms with van der Waals surface area (Å²) in [5.74, 6) is 1.76. The van der Waals surface area contributed by atoms with Crippen LogP contribution in [0.3, 0.4) is 0 Å². The van der Waals surface area contributed by atoms with E-state index in [1.54, 1.807) is 11.5 Å². The van der Waals surface area contributed by atoms with Crippen molar-refractivity contribution in [1.29, 1.82) is 0 Å². The van der Waals surface area contributed by atoms with Gasteiger partial charge in [0, 0.05) is 17.2 Å². The van der Waals surface area contributed by atoms with E-state index in [2.05, 4.69) is 29.8 Å². The zero-order valence-corrected chi connectivity index (χ0v) is 8.40. The van der Waals surface area contributed by atoms with Crippen LogP contribution in [0.25, 0.3) is 0 Å². The van der Waals surface area contributed by atoms with Crippen molar-refractivity contribution in [3.05, 3.63) is 10.8 Å². The van der Waals surface area contributed by atoms with Crippen LogP contribution < -0.4 is 4.57 Å². The second-order valence-electron chi connectivity index (χ2n) is 2.94. The highest BCUT2D eigenvalue weighted by atomic mass is 32.1. The van der Waals surface area contributed by atoms with Crippen LogP contribution in [0.1, 0.15) is 37.0 Å². The van der Waals surface area contributed by atoms with Crippen LogP contribution in [0.4, 0.5) is 0 Å². The molecule has 0 aliphatic heterocycles. The summed E-state index contributed by atoms with van der Waals surface area (Å²) < 4.78 is 6.47. The van der Waals surface area contributed by atoms with Gasteiger partial charge in [0.05, 0.1) is 7.05 Å². The second kappa shape index (κ2) is 3.30. The lowest BCUT2D eigenvalue weighted by Gasteiger charge is -2.01. The summed E-state index contributed by atoms with van der Waals surface area (Å²) in [4.78, 5) is 0. The normalized spacial score (nSPS) is 13.5. The van der Waals surface area contributed by atoms with E-state index >= 15 is 0 Å². The summed E-state index contributed by atoms with van der Waals surface area (Å²) in [7, 11) is 2.08. The van der Waals surface area contributed by atoms with Crippen molar-refractivity contribution in [2.45, 2.75) is 33.1 Å². The Hall–Kier alpha value is -0.440. The van der Waals surface area contributed by atoms with Gasteiger partial charge < -0.3 is 0 Å². The first-order valence-electron chi connectivity index (χ1n) is 3.99. The molecular weight excluding hydrogens is 156 g/mol. The summed E-state index contributed by atoms with van der Waals surface area (Å²) >= 11 is 1.62. The highest BCUT2D eigenvalue weighted by Crippen LogP contribution is 2.17. The van der Waals surface area contributed by atoms with Gasteiger partial charge in [0.25, 0.3) is 0 Å². The molecule has 0 amide bonds. The molecule has 1 atom stereocenters. The number of aromatic nitrogens is 2. The first kappa shape index (κ1) is 8.65. The van der Waals surface area contributed by atoms with Crippen LogP contribution in [0.5, 0.6) is 0 Å². The Bertz CT molecular complexity index is 242. The molecule has 1 aromatic rings. The predicted octanol–water partition coefficient (Wildman–Crippen LogP) is 1.79. The van der Waals surface area contributed by atoms with Gasteiger partial charge in [-0.2, -0.15) is 0 Å². The Morgan fingerprint density at radius 3 is 2.64 bits per heavy atom. The number of aryl methyl sites for hydroxylation is 1. The first-order chi connectivity index (χ1) is 5.16. The molecule has 0 N–H and O–H groups in total. The van der Waals surface area contributed by atoms with Gasteiger partial charge in [-0.15, -0.1) is 0 Å². The predicted molar refractivity (Wildman–Crippen MR) is 46.7 cm³/mol. The molecule has 1 heterocycles. The molecule has 11 heavy (non-hydrogen) atoms. The quantitative estimate of drug-likeness (QED) is 0.620. The SMILES string of the molecule is CCC(C)c1snc(C)[n+]1C. The van der Waals surface area contributed by atoms with Crippen LogP contribution in [0, 0.1) is 6.92 Å². The summed E-state index contributed by atoms with van der Waals surface area (Å²) in [6, 6.07) is 0. The van der Waals surface area contributed by atoms with Gasteiger partial charge in [0.2, 0.25) is 5.01 Å². The van der Waals surface area contributed by atoms with Gasteiger partial charge in [-0.3, -0.25) is 0 Å². The molecule has 62 valence electrons. The Labute approximate surface area is 72.1 Å². The lowest BCUT2D eigenvalue weighted by molar-refractivity contribution is -0.683. The van der Waals surface area contributed by atoms with Crippen LogP contribution in [0.2, 0.25) is 0 Å². The van der Waals surface area contributed by atoms with Gasteiger partial charge in [0.15, 0.2) is 0 Å². The molecular formula is C8H15N2S+. The Morgan fingerprint density at radius 1 is 1.64 bits per heavy atom. The summed E-state index contributed by atoms with van der Waals surface area (Å²) in [5, 5.41) is 1.38. The second-order valence-corrected chi connectivity index (χ2v) is 3.72. The molecule has 0 aromatic carbocycles. The van der Waals surface area contributed by atoms with Crippen LogP contribution in [-0.4, -0.2) is 4.37 Å². The smallest absolute Gasteiger partial charge is 0.221 e. The number of hydrogen-bond donors (Lipinski definition) is 0. The van der Waals surface area contributed by atoms with Crippen molar-refractivity contribution in [2.75, 3.05) is 0 Å². The third kappa shape index (κ3) is 1.59. The van der Waals surface area contributed by atoms with Crippen molar-refractivity contribution in [1.82, 2.24) is 4.37 Å². The molecule has 1 aromatic heterocycles. The Kier molecular flexibility index (Phi) is 2.60. The summed E-state index contributed by atoms with van der Waals surface area (Å²) in [6.45, 7) is 6.50. The van der Waals surface area contributed by atoms with Crippen molar-refractivity contribution in [2.24, 2.45) is 7.05 Å². The highest BCUT2D eigenvalue weighted by molar-refractivity contribution is 7.05. The maximum atomic E-state index is 4.29. The molecule has 1 rings (SSSR count). The molecule has 0 aliphatic carbocycles. The van der Waals surface area contributed by atoms with Crippen molar-refractivity contribution >= 4 is 11.5 Å². The fraction of sp³-hybridized carbons (Fsp3) is 0.750. The average Bonchev–Trinajstić information content (AvgIpc) is 2.32. The molecule has 2 nitrogen and oxygen atoms in total. The third-order valence-corrected chi connectivity index (χ3v) is 3.34. The summed E-state index contributed by atoms with van der Waals surface area (Å²) in [5.41, 5.74) is 0. The molecule has 0 radical (unpaired) electrons. The standard InChI is InChI=1S/C8H15N2S/c1-5-6(2)8-10(4)7(3)9-11-8/h6H,5H2,1-4H3/q+1. The molecule has 0 saturated heterocycles. The Morgan fingerprint density at radius 2 is 2.27 bits per heavy atom. The van der Waals surface area contributed by atoms with Crippen LogP contribution >= 0.6 is 11.5 Å². The van der Waals surface area contributed by atoms with E-state index in [1.807, 2.05) is 6.92 Å². The van der Waals surface area contributed by atoms with Crippen LogP contribution in [0.15, 0.2) is 0 Å². The topological polar surface area (TPSA) is 16.8 Å². The lowest BCUT2D eigenvalue weighted by atomic mass is 10.1. The van der Waals surface area contributed by atoms with Crippen molar-refractivity contribution in [3.8, 4) is 0 Å². The lowest BCUT2D eigenvalue weighted by Crippen LogP contribution is -2.34. The highest BCUT2D eigenvalue weighted by Gasteiger charge is 2.18. The molecule has 0 fully saturated rings. The summed E-state index contributed by atoms with van der Waals surface area (Å²) in [6.07, 6.45) is 1.19. The number of hydrogen-bond acceptors (Lipinski definition) is 2. The van der Waals surface area contributed by atoms with Gasteiger partial charge in [-0.1, -0.05) is 13.8 Å². The van der Waals surface area contributed by atoms with E-state index in [4.69, 9.17) is 0 Å². The van der Waals surface area contributed by atoms with E-state index in [1.165, 1.54) is 11.4 Å². The fourth-order valence-corrected chi connectivity index (χ4v) is 1.94. The van der Waals surface area contributed by atoms with Crippen molar-refractivity contribution < 1.29 is 4.57 Å². The number of rotatable bonds is 2. The van der Waals surface area contributed by atoms with Crippen molar-refractivity contribution in [3.63, 3.8) is 0 Å². The van der Waals surface area contributed by atoms with E-state index in [0.29, 0.717) is 5.92 Å². The van der Waals surface area contributed by atoms with Gasteiger partial charge >= 0.3 is 5.82 Å². The molecule has 0 aliphatic rings. The zero-order chi connectivity index (χ0) is 8.43. The molecule has 0 bridgehead atoms. The van der Waals surface area contributed by atoms with E-state index in [0.717, 1.165) is 5.82 Å². The molecule has 1 unspecified atom stereocenters. The number of nitrogens with zero attached hydrogens (tertiary/aromatic N) is 2. The largest absolute Gasteiger partial charge is 0.310 e. The Balaban J connectivity index is 2.94. The third-order valence-electron chi connectivity index (χ3n) is 2.12. The van der Waals surface area contributed by atoms with E-state index < -0.39 is 0 Å². The zero-order valence-electron chi connectivity index (χ0n) is 7.59. The fourth-order valence-electron chi connectivity index (χ4n) is 0.990.